The van der Waals surface area contributed by atoms with Crippen LogP contribution in [0.1, 0.15) is 35.1 Å². The Morgan fingerprint density at radius 3 is 2.70 bits per heavy atom. The van der Waals surface area contributed by atoms with Crippen LogP contribution in [0.25, 0.3) is 0 Å². The van der Waals surface area contributed by atoms with E-state index in [0.717, 1.165) is 31.0 Å². The SMILES string of the molecule is Cc1ccc(C(CN)N2CCCc3ccccc3C2)o1. The zero-order valence-corrected chi connectivity index (χ0v) is 12.0. The summed E-state index contributed by atoms with van der Waals surface area (Å²) in [5.74, 6) is 1.94. The van der Waals surface area contributed by atoms with E-state index in [0.29, 0.717) is 6.54 Å². The highest BCUT2D eigenvalue weighted by Crippen LogP contribution is 2.27. The summed E-state index contributed by atoms with van der Waals surface area (Å²) in [4.78, 5) is 2.45. The summed E-state index contributed by atoms with van der Waals surface area (Å²) in [7, 11) is 0. The molecule has 0 saturated carbocycles. The predicted octanol–water partition coefficient (Wildman–Crippen LogP) is 3.04. The molecule has 3 heteroatoms. The second kappa shape index (κ2) is 5.81. The van der Waals surface area contributed by atoms with Gasteiger partial charge in [-0.05, 0) is 49.6 Å². The van der Waals surface area contributed by atoms with Crippen molar-refractivity contribution in [1.82, 2.24) is 4.90 Å². The summed E-state index contributed by atoms with van der Waals surface area (Å²) in [6, 6.07) is 13.0. The van der Waals surface area contributed by atoms with Gasteiger partial charge >= 0.3 is 0 Å². The molecule has 1 aromatic carbocycles. The number of benzene rings is 1. The average molecular weight is 270 g/mol. The third-order valence-corrected chi connectivity index (χ3v) is 4.14. The molecule has 2 heterocycles. The van der Waals surface area contributed by atoms with Crippen LogP contribution in [0.15, 0.2) is 40.8 Å². The van der Waals surface area contributed by atoms with Crippen molar-refractivity contribution in [2.45, 2.75) is 32.4 Å². The summed E-state index contributed by atoms with van der Waals surface area (Å²) in [6.45, 7) is 4.60. The predicted molar refractivity (Wildman–Crippen MR) is 80.4 cm³/mol. The summed E-state index contributed by atoms with van der Waals surface area (Å²) in [5, 5.41) is 0. The number of hydrogen-bond donors (Lipinski definition) is 1. The van der Waals surface area contributed by atoms with Gasteiger partial charge in [-0.1, -0.05) is 24.3 Å². The van der Waals surface area contributed by atoms with Crippen LogP contribution in [-0.4, -0.2) is 18.0 Å². The first-order valence-corrected chi connectivity index (χ1v) is 7.35. The third-order valence-electron chi connectivity index (χ3n) is 4.14. The Labute approximate surface area is 120 Å². The van der Waals surface area contributed by atoms with Gasteiger partial charge in [0.1, 0.15) is 11.5 Å². The first kappa shape index (κ1) is 13.4. The number of hydrogen-bond acceptors (Lipinski definition) is 3. The van der Waals surface area contributed by atoms with Gasteiger partial charge in [0.05, 0.1) is 6.04 Å². The van der Waals surface area contributed by atoms with E-state index in [1.54, 1.807) is 0 Å². The van der Waals surface area contributed by atoms with Crippen molar-refractivity contribution in [3.8, 4) is 0 Å². The van der Waals surface area contributed by atoms with Gasteiger partial charge in [-0.2, -0.15) is 0 Å². The van der Waals surface area contributed by atoms with Crippen LogP contribution < -0.4 is 5.73 Å². The smallest absolute Gasteiger partial charge is 0.122 e. The van der Waals surface area contributed by atoms with Gasteiger partial charge in [-0.15, -0.1) is 0 Å². The molecule has 1 aromatic heterocycles. The minimum Gasteiger partial charge on any atom is -0.465 e. The van der Waals surface area contributed by atoms with Crippen LogP contribution in [0.2, 0.25) is 0 Å². The largest absolute Gasteiger partial charge is 0.465 e. The van der Waals surface area contributed by atoms with Crippen molar-refractivity contribution in [3.05, 3.63) is 59.0 Å². The molecule has 1 aliphatic rings. The Hall–Kier alpha value is -1.58. The highest BCUT2D eigenvalue weighted by atomic mass is 16.3. The summed E-state index contributed by atoms with van der Waals surface area (Å²) < 4.78 is 5.80. The zero-order valence-electron chi connectivity index (χ0n) is 12.0. The molecular weight excluding hydrogens is 248 g/mol. The van der Waals surface area contributed by atoms with Crippen LogP contribution in [0.3, 0.4) is 0 Å². The molecule has 0 saturated heterocycles. The quantitative estimate of drug-likeness (QED) is 0.932. The molecule has 0 radical (unpaired) electrons. The molecule has 106 valence electrons. The molecule has 0 fully saturated rings. The van der Waals surface area contributed by atoms with Crippen molar-refractivity contribution >= 4 is 0 Å². The van der Waals surface area contributed by atoms with Crippen LogP contribution in [0, 0.1) is 6.92 Å². The van der Waals surface area contributed by atoms with Crippen molar-refractivity contribution in [3.63, 3.8) is 0 Å². The molecule has 1 aliphatic heterocycles. The molecule has 3 nitrogen and oxygen atoms in total. The minimum absolute atomic E-state index is 0.176. The van der Waals surface area contributed by atoms with E-state index in [1.807, 2.05) is 13.0 Å². The Kier molecular flexibility index (Phi) is 3.90. The Morgan fingerprint density at radius 1 is 1.20 bits per heavy atom. The fourth-order valence-corrected chi connectivity index (χ4v) is 3.07. The summed E-state index contributed by atoms with van der Waals surface area (Å²) in [6.07, 6.45) is 2.33. The van der Waals surface area contributed by atoms with Crippen LogP contribution in [0.4, 0.5) is 0 Å². The van der Waals surface area contributed by atoms with Gasteiger partial charge in [0.15, 0.2) is 0 Å². The average Bonchev–Trinajstić information content (AvgIpc) is 2.76. The second-order valence-corrected chi connectivity index (χ2v) is 5.54. The first-order valence-electron chi connectivity index (χ1n) is 7.35. The monoisotopic (exact) mass is 270 g/mol. The van der Waals surface area contributed by atoms with Gasteiger partial charge < -0.3 is 10.2 Å². The molecule has 1 atom stereocenters. The number of rotatable bonds is 3. The molecule has 2 aromatic rings. The maximum Gasteiger partial charge on any atom is 0.122 e. The highest BCUT2D eigenvalue weighted by Gasteiger charge is 2.24. The molecule has 0 spiro atoms. The van der Waals surface area contributed by atoms with Gasteiger partial charge in [0, 0.05) is 13.1 Å². The minimum atomic E-state index is 0.176. The lowest BCUT2D eigenvalue weighted by atomic mass is 10.0. The number of nitrogens with zero attached hydrogens (tertiary/aromatic N) is 1. The highest BCUT2D eigenvalue weighted by molar-refractivity contribution is 5.28. The lowest BCUT2D eigenvalue weighted by molar-refractivity contribution is 0.172. The lowest BCUT2D eigenvalue weighted by Gasteiger charge is -2.28. The molecule has 0 bridgehead atoms. The van der Waals surface area contributed by atoms with Crippen molar-refractivity contribution in [2.24, 2.45) is 5.73 Å². The maximum absolute atomic E-state index is 6.01. The molecule has 1 unspecified atom stereocenters. The first-order chi connectivity index (χ1) is 9.78. The molecule has 0 amide bonds. The van der Waals surface area contributed by atoms with Gasteiger partial charge in [0.25, 0.3) is 0 Å². The molecular formula is C17H22N2O. The second-order valence-electron chi connectivity index (χ2n) is 5.54. The number of nitrogens with two attached hydrogens (primary N) is 1. The van der Waals surface area contributed by atoms with Crippen molar-refractivity contribution in [1.29, 1.82) is 0 Å². The zero-order chi connectivity index (χ0) is 13.9. The fraction of sp³-hybridized carbons (Fsp3) is 0.412. The Morgan fingerprint density at radius 2 is 2.00 bits per heavy atom. The van der Waals surface area contributed by atoms with E-state index in [2.05, 4.69) is 35.2 Å². The Bertz CT molecular complexity index is 576. The van der Waals surface area contributed by atoms with E-state index >= 15 is 0 Å². The van der Waals surface area contributed by atoms with Gasteiger partial charge in [-0.25, -0.2) is 0 Å². The number of aryl methyl sites for hydroxylation is 2. The van der Waals surface area contributed by atoms with E-state index in [1.165, 1.54) is 17.5 Å². The van der Waals surface area contributed by atoms with Gasteiger partial charge in [-0.3, -0.25) is 4.90 Å². The van der Waals surface area contributed by atoms with Gasteiger partial charge in [0.2, 0.25) is 0 Å². The third kappa shape index (κ3) is 2.65. The summed E-state index contributed by atoms with van der Waals surface area (Å²) >= 11 is 0. The van der Waals surface area contributed by atoms with Crippen molar-refractivity contribution < 1.29 is 4.42 Å². The van der Waals surface area contributed by atoms with E-state index in [9.17, 15) is 0 Å². The van der Waals surface area contributed by atoms with Crippen LogP contribution in [0.5, 0.6) is 0 Å². The molecule has 2 N–H and O–H groups in total. The lowest BCUT2D eigenvalue weighted by Crippen LogP contribution is -2.33. The molecule has 0 aliphatic carbocycles. The maximum atomic E-state index is 6.01. The molecule has 3 rings (SSSR count). The molecule has 20 heavy (non-hydrogen) atoms. The number of fused-ring (bicyclic) bond motifs is 1. The van der Waals surface area contributed by atoms with Crippen LogP contribution in [-0.2, 0) is 13.0 Å². The normalized spacial score (nSPS) is 17.5. The summed E-state index contributed by atoms with van der Waals surface area (Å²) in [5.41, 5.74) is 8.91. The number of furan rings is 1. The van der Waals surface area contributed by atoms with Crippen molar-refractivity contribution in [2.75, 3.05) is 13.1 Å². The van der Waals surface area contributed by atoms with E-state index in [4.69, 9.17) is 10.2 Å². The Balaban J connectivity index is 1.86. The van der Waals surface area contributed by atoms with Crippen LogP contribution >= 0.6 is 0 Å². The van der Waals surface area contributed by atoms with E-state index in [-0.39, 0.29) is 6.04 Å². The van der Waals surface area contributed by atoms with E-state index < -0.39 is 0 Å². The standard InChI is InChI=1S/C17H22N2O/c1-13-8-9-17(20-13)16(11-18)19-10-4-7-14-5-2-3-6-15(14)12-19/h2-3,5-6,8-9,16H,4,7,10-12,18H2,1H3. The fourth-order valence-electron chi connectivity index (χ4n) is 3.07. The topological polar surface area (TPSA) is 42.4 Å².